The molecule has 1 fully saturated rings. The molecule has 3 nitrogen and oxygen atoms in total. The SMILES string of the molecule is CC1(C)C(=O)NC(=O)C1Br. The summed E-state index contributed by atoms with van der Waals surface area (Å²) in [6.45, 7) is 3.46. The Hall–Kier alpha value is -0.380. The summed E-state index contributed by atoms with van der Waals surface area (Å²) in [6.07, 6.45) is 0. The number of alkyl halides is 1. The molecule has 1 aliphatic heterocycles. The molecular weight excluding hydrogens is 198 g/mol. The predicted molar refractivity (Wildman–Crippen MR) is 39.6 cm³/mol. The lowest BCUT2D eigenvalue weighted by Crippen LogP contribution is -2.28. The molecule has 0 aliphatic carbocycles. The van der Waals surface area contributed by atoms with Gasteiger partial charge in [0.25, 0.3) is 0 Å². The van der Waals surface area contributed by atoms with Crippen molar-refractivity contribution >= 4 is 27.7 Å². The van der Waals surface area contributed by atoms with E-state index in [-0.39, 0.29) is 16.6 Å². The number of nitrogens with one attached hydrogen (secondary N) is 1. The molecular formula is C6H8BrNO2. The highest BCUT2D eigenvalue weighted by atomic mass is 79.9. The van der Waals surface area contributed by atoms with Gasteiger partial charge in [0.05, 0.1) is 5.41 Å². The summed E-state index contributed by atoms with van der Waals surface area (Å²) in [5, 5.41) is 2.23. The van der Waals surface area contributed by atoms with Crippen molar-refractivity contribution in [2.75, 3.05) is 0 Å². The monoisotopic (exact) mass is 205 g/mol. The molecule has 0 spiro atoms. The molecule has 0 saturated carbocycles. The third kappa shape index (κ3) is 0.868. The van der Waals surface area contributed by atoms with Gasteiger partial charge in [-0.05, 0) is 13.8 Å². The van der Waals surface area contributed by atoms with E-state index < -0.39 is 5.41 Å². The van der Waals surface area contributed by atoms with Crippen molar-refractivity contribution in [1.82, 2.24) is 5.32 Å². The van der Waals surface area contributed by atoms with Crippen LogP contribution >= 0.6 is 15.9 Å². The maximum Gasteiger partial charge on any atom is 0.241 e. The van der Waals surface area contributed by atoms with E-state index in [0.29, 0.717) is 0 Å². The first-order chi connectivity index (χ1) is 4.46. The van der Waals surface area contributed by atoms with Crippen LogP contribution < -0.4 is 5.32 Å². The molecule has 1 N–H and O–H groups in total. The van der Waals surface area contributed by atoms with Crippen molar-refractivity contribution in [3.8, 4) is 0 Å². The Morgan fingerprint density at radius 2 is 2.00 bits per heavy atom. The zero-order valence-electron chi connectivity index (χ0n) is 5.77. The van der Waals surface area contributed by atoms with Crippen molar-refractivity contribution in [3.63, 3.8) is 0 Å². The Kier molecular flexibility index (Phi) is 1.58. The minimum Gasteiger partial charge on any atom is -0.295 e. The van der Waals surface area contributed by atoms with Crippen LogP contribution in [0.1, 0.15) is 13.8 Å². The number of carbonyl (C=O) groups excluding carboxylic acids is 2. The minimum atomic E-state index is -0.600. The smallest absolute Gasteiger partial charge is 0.241 e. The first-order valence-corrected chi connectivity index (χ1v) is 3.87. The lowest BCUT2D eigenvalue weighted by molar-refractivity contribution is -0.127. The van der Waals surface area contributed by atoms with Gasteiger partial charge in [0.15, 0.2) is 0 Å². The fraction of sp³-hybridized carbons (Fsp3) is 0.667. The summed E-state index contributed by atoms with van der Waals surface area (Å²) in [5.74, 6) is -0.450. The Bertz CT molecular complexity index is 200. The number of hydrogen-bond donors (Lipinski definition) is 1. The quantitative estimate of drug-likeness (QED) is 0.461. The molecule has 1 heterocycles. The molecule has 2 amide bonds. The molecule has 1 unspecified atom stereocenters. The number of imide groups is 1. The molecule has 0 aromatic heterocycles. The molecule has 1 aliphatic rings. The van der Waals surface area contributed by atoms with Gasteiger partial charge in [0.2, 0.25) is 11.8 Å². The maximum atomic E-state index is 11.0. The highest BCUT2D eigenvalue weighted by Gasteiger charge is 2.46. The van der Waals surface area contributed by atoms with Crippen molar-refractivity contribution in [2.24, 2.45) is 5.41 Å². The van der Waals surface area contributed by atoms with Gasteiger partial charge < -0.3 is 0 Å². The van der Waals surface area contributed by atoms with Crippen LogP contribution in [0.4, 0.5) is 0 Å². The van der Waals surface area contributed by atoms with Gasteiger partial charge >= 0.3 is 0 Å². The fourth-order valence-electron chi connectivity index (χ4n) is 0.779. The molecule has 10 heavy (non-hydrogen) atoms. The molecule has 0 aromatic carbocycles. The molecule has 0 radical (unpaired) electrons. The Labute approximate surface area is 67.3 Å². The van der Waals surface area contributed by atoms with Gasteiger partial charge in [0, 0.05) is 0 Å². The van der Waals surface area contributed by atoms with Gasteiger partial charge in [-0.15, -0.1) is 0 Å². The first-order valence-electron chi connectivity index (χ1n) is 2.95. The zero-order chi connectivity index (χ0) is 7.94. The summed E-state index contributed by atoms with van der Waals surface area (Å²) >= 11 is 3.13. The Morgan fingerprint density at radius 3 is 2.10 bits per heavy atom. The van der Waals surface area contributed by atoms with Crippen LogP contribution in [-0.2, 0) is 9.59 Å². The molecule has 56 valence electrons. The fourth-order valence-corrected chi connectivity index (χ4v) is 1.10. The van der Waals surface area contributed by atoms with Crippen molar-refractivity contribution < 1.29 is 9.59 Å². The van der Waals surface area contributed by atoms with Crippen LogP contribution in [0.25, 0.3) is 0 Å². The van der Waals surface area contributed by atoms with Gasteiger partial charge in [-0.3, -0.25) is 14.9 Å². The average Bonchev–Trinajstić information content (AvgIpc) is 1.97. The van der Waals surface area contributed by atoms with Crippen molar-refractivity contribution in [3.05, 3.63) is 0 Å². The maximum absolute atomic E-state index is 11.0. The Balaban J connectivity index is 2.96. The van der Waals surface area contributed by atoms with Gasteiger partial charge in [-0.1, -0.05) is 15.9 Å². The van der Waals surface area contributed by atoms with E-state index in [1.807, 2.05) is 0 Å². The summed E-state index contributed by atoms with van der Waals surface area (Å²) in [7, 11) is 0. The summed E-state index contributed by atoms with van der Waals surface area (Å²) in [6, 6.07) is 0. The van der Waals surface area contributed by atoms with E-state index in [0.717, 1.165) is 0 Å². The number of halogens is 1. The van der Waals surface area contributed by atoms with Gasteiger partial charge in [0.1, 0.15) is 4.83 Å². The second kappa shape index (κ2) is 2.05. The Morgan fingerprint density at radius 1 is 1.50 bits per heavy atom. The van der Waals surface area contributed by atoms with Crippen molar-refractivity contribution in [2.45, 2.75) is 18.7 Å². The van der Waals surface area contributed by atoms with Crippen LogP contribution in [0.3, 0.4) is 0 Å². The lowest BCUT2D eigenvalue weighted by atomic mass is 9.92. The van der Waals surface area contributed by atoms with Crippen LogP contribution in [0.2, 0.25) is 0 Å². The molecule has 0 aromatic rings. The number of carbonyl (C=O) groups is 2. The molecule has 0 bridgehead atoms. The third-order valence-corrected chi connectivity index (χ3v) is 3.25. The van der Waals surface area contributed by atoms with Crippen molar-refractivity contribution in [1.29, 1.82) is 0 Å². The second-order valence-electron chi connectivity index (χ2n) is 2.90. The van der Waals surface area contributed by atoms with E-state index in [9.17, 15) is 9.59 Å². The minimum absolute atomic E-state index is 0.209. The van der Waals surface area contributed by atoms with Gasteiger partial charge in [-0.2, -0.15) is 0 Å². The molecule has 1 rings (SSSR count). The van der Waals surface area contributed by atoms with Crippen LogP contribution in [0, 0.1) is 5.41 Å². The second-order valence-corrected chi connectivity index (χ2v) is 3.82. The number of rotatable bonds is 0. The first kappa shape index (κ1) is 7.72. The van der Waals surface area contributed by atoms with E-state index in [4.69, 9.17) is 0 Å². The standard InChI is InChI=1S/C6H8BrNO2/c1-6(2)3(7)4(9)8-5(6)10/h3H,1-2H3,(H,8,9,10). The molecule has 4 heteroatoms. The van der Waals surface area contributed by atoms with Crippen LogP contribution in [0.5, 0.6) is 0 Å². The van der Waals surface area contributed by atoms with Crippen LogP contribution in [0.15, 0.2) is 0 Å². The highest BCUT2D eigenvalue weighted by Crippen LogP contribution is 2.31. The highest BCUT2D eigenvalue weighted by molar-refractivity contribution is 9.10. The molecule has 1 atom stereocenters. The van der Waals surface area contributed by atoms with Gasteiger partial charge in [-0.25, -0.2) is 0 Å². The molecule has 1 saturated heterocycles. The predicted octanol–water partition coefficient (Wildman–Crippen LogP) is 0.432. The topological polar surface area (TPSA) is 46.2 Å². The summed E-state index contributed by atoms with van der Waals surface area (Å²) < 4.78 is 0. The lowest BCUT2D eigenvalue weighted by Gasteiger charge is -2.15. The van der Waals surface area contributed by atoms with E-state index in [1.54, 1.807) is 13.8 Å². The third-order valence-electron chi connectivity index (χ3n) is 1.69. The number of hydrogen-bond acceptors (Lipinski definition) is 2. The number of amides is 2. The summed E-state index contributed by atoms with van der Waals surface area (Å²) in [4.78, 5) is 21.4. The van der Waals surface area contributed by atoms with E-state index in [1.165, 1.54) is 0 Å². The van der Waals surface area contributed by atoms with E-state index in [2.05, 4.69) is 21.2 Å². The zero-order valence-corrected chi connectivity index (χ0v) is 7.36. The van der Waals surface area contributed by atoms with Crippen LogP contribution in [-0.4, -0.2) is 16.6 Å². The average molecular weight is 206 g/mol. The van der Waals surface area contributed by atoms with E-state index >= 15 is 0 Å². The largest absolute Gasteiger partial charge is 0.295 e. The summed E-state index contributed by atoms with van der Waals surface area (Å²) in [5.41, 5.74) is -0.600. The normalized spacial score (nSPS) is 30.5.